The van der Waals surface area contributed by atoms with E-state index in [9.17, 15) is 4.79 Å². The highest BCUT2D eigenvalue weighted by atomic mass is 16.7. The Balaban J connectivity index is 2.59. The van der Waals surface area contributed by atoms with Crippen LogP contribution in [0.25, 0.3) is 0 Å². The van der Waals surface area contributed by atoms with Crippen LogP contribution in [0, 0.1) is 0 Å². The van der Waals surface area contributed by atoms with E-state index < -0.39 is 6.09 Å². The lowest BCUT2D eigenvalue weighted by molar-refractivity contribution is 0.154. The number of benzene rings is 1. The summed E-state index contributed by atoms with van der Waals surface area (Å²) >= 11 is 0. The van der Waals surface area contributed by atoms with Crippen molar-refractivity contribution in [2.24, 2.45) is 5.16 Å². The van der Waals surface area contributed by atoms with E-state index in [0.29, 0.717) is 0 Å². The summed E-state index contributed by atoms with van der Waals surface area (Å²) in [5, 5.41) is 5.77. The molecule has 0 aliphatic heterocycles. The second-order valence-electron chi connectivity index (χ2n) is 2.64. The van der Waals surface area contributed by atoms with Crippen LogP contribution in [0.2, 0.25) is 0 Å². The van der Waals surface area contributed by atoms with Crippen molar-refractivity contribution in [1.82, 2.24) is 5.32 Å². The van der Waals surface area contributed by atoms with Crippen LogP contribution in [-0.2, 0) is 4.84 Å². The smallest absolute Gasteiger partial charge is 0.433 e. The average Bonchev–Trinajstić information content (AvgIpc) is 2.29. The largest absolute Gasteiger partial charge is 0.497 e. The van der Waals surface area contributed by atoms with Crippen LogP contribution >= 0.6 is 0 Å². The zero-order valence-corrected chi connectivity index (χ0v) is 8.56. The Labute approximate surface area is 87.7 Å². The van der Waals surface area contributed by atoms with E-state index in [2.05, 4.69) is 15.3 Å². The van der Waals surface area contributed by atoms with Gasteiger partial charge in [0.05, 0.1) is 13.3 Å². The molecule has 0 radical (unpaired) electrons. The molecule has 0 saturated heterocycles. The van der Waals surface area contributed by atoms with Crippen molar-refractivity contribution in [3.05, 3.63) is 29.8 Å². The molecule has 0 spiro atoms. The van der Waals surface area contributed by atoms with Crippen molar-refractivity contribution < 1.29 is 14.4 Å². The highest BCUT2D eigenvalue weighted by molar-refractivity contribution is 5.80. The van der Waals surface area contributed by atoms with Crippen LogP contribution in [0.4, 0.5) is 4.79 Å². The van der Waals surface area contributed by atoms with E-state index in [4.69, 9.17) is 4.74 Å². The topological polar surface area (TPSA) is 59.9 Å². The van der Waals surface area contributed by atoms with Gasteiger partial charge in [-0.3, -0.25) is 4.84 Å². The standard InChI is InChI=1S/C10H12N2O3/c1-11-10(13)15-12-7-8-4-3-5-9(6-8)14-2/h3-7H,1-2H3,(H,11,13)/b12-7-. The first-order chi connectivity index (χ1) is 7.26. The summed E-state index contributed by atoms with van der Waals surface area (Å²) in [7, 11) is 3.04. The van der Waals surface area contributed by atoms with Crippen LogP contribution in [0.1, 0.15) is 5.56 Å². The molecule has 15 heavy (non-hydrogen) atoms. The van der Waals surface area contributed by atoms with Crippen LogP contribution in [0.3, 0.4) is 0 Å². The summed E-state index contributed by atoms with van der Waals surface area (Å²) in [6.45, 7) is 0. The van der Waals surface area contributed by atoms with E-state index in [0.717, 1.165) is 11.3 Å². The highest BCUT2D eigenvalue weighted by Gasteiger charge is 1.95. The molecule has 0 aliphatic carbocycles. The second-order valence-corrected chi connectivity index (χ2v) is 2.64. The SMILES string of the molecule is CNC(=O)O/N=C\c1cccc(OC)c1. The van der Waals surface area contributed by atoms with Gasteiger partial charge >= 0.3 is 6.09 Å². The Morgan fingerprint density at radius 1 is 1.53 bits per heavy atom. The van der Waals surface area contributed by atoms with E-state index in [1.807, 2.05) is 18.2 Å². The van der Waals surface area contributed by atoms with E-state index >= 15 is 0 Å². The molecule has 5 nitrogen and oxygen atoms in total. The van der Waals surface area contributed by atoms with Gasteiger partial charge < -0.3 is 10.1 Å². The first-order valence-electron chi connectivity index (χ1n) is 4.32. The third kappa shape index (κ3) is 3.68. The number of rotatable bonds is 3. The summed E-state index contributed by atoms with van der Waals surface area (Å²) in [5.41, 5.74) is 0.790. The zero-order chi connectivity index (χ0) is 11.1. The molecule has 0 heterocycles. The summed E-state index contributed by atoms with van der Waals surface area (Å²) in [5.74, 6) is 0.721. The lowest BCUT2D eigenvalue weighted by atomic mass is 10.2. The fourth-order valence-electron chi connectivity index (χ4n) is 0.903. The monoisotopic (exact) mass is 208 g/mol. The van der Waals surface area contributed by atoms with Crippen molar-refractivity contribution in [3.63, 3.8) is 0 Å². The molecular weight excluding hydrogens is 196 g/mol. The third-order valence-corrected chi connectivity index (χ3v) is 1.64. The number of hydrogen-bond donors (Lipinski definition) is 1. The van der Waals surface area contributed by atoms with E-state index in [1.165, 1.54) is 13.3 Å². The summed E-state index contributed by atoms with van der Waals surface area (Å²) < 4.78 is 5.02. The number of carbonyl (C=O) groups is 1. The first kappa shape index (κ1) is 11.0. The van der Waals surface area contributed by atoms with Gasteiger partial charge in [0.25, 0.3) is 0 Å². The number of nitrogens with one attached hydrogen (secondary N) is 1. The molecule has 1 N–H and O–H groups in total. The van der Waals surface area contributed by atoms with E-state index in [1.54, 1.807) is 13.2 Å². The van der Waals surface area contributed by atoms with Crippen molar-refractivity contribution >= 4 is 12.3 Å². The molecule has 0 aromatic heterocycles. The Bertz CT molecular complexity index is 363. The van der Waals surface area contributed by atoms with Gasteiger partial charge in [0.2, 0.25) is 0 Å². The molecule has 1 aromatic carbocycles. The number of carbonyl (C=O) groups excluding carboxylic acids is 1. The normalized spacial score (nSPS) is 10.0. The predicted molar refractivity (Wildman–Crippen MR) is 56.1 cm³/mol. The minimum Gasteiger partial charge on any atom is -0.497 e. The minimum absolute atomic E-state index is 0.603. The summed E-state index contributed by atoms with van der Waals surface area (Å²) in [6.07, 6.45) is 0.826. The Morgan fingerprint density at radius 2 is 2.33 bits per heavy atom. The fourth-order valence-corrected chi connectivity index (χ4v) is 0.903. The number of nitrogens with zero attached hydrogens (tertiary/aromatic N) is 1. The lowest BCUT2D eigenvalue weighted by Crippen LogP contribution is -2.16. The van der Waals surface area contributed by atoms with Crippen molar-refractivity contribution in [2.45, 2.75) is 0 Å². The molecule has 5 heteroatoms. The van der Waals surface area contributed by atoms with Crippen LogP contribution < -0.4 is 10.1 Å². The third-order valence-electron chi connectivity index (χ3n) is 1.64. The lowest BCUT2D eigenvalue weighted by Gasteiger charge is -1.99. The van der Waals surface area contributed by atoms with Crippen molar-refractivity contribution in [2.75, 3.05) is 14.2 Å². The van der Waals surface area contributed by atoms with Crippen LogP contribution in [-0.4, -0.2) is 26.5 Å². The first-order valence-corrected chi connectivity index (χ1v) is 4.32. The number of hydrogen-bond acceptors (Lipinski definition) is 4. The van der Waals surface area contributed by atoms with Gasteiger partial charge in [-0.25, -0.2) is 4.79 Å². The van der Waals surface area contributed by atoms with Gasteiger partial charge in [-0.1, -0.05) is 17.3 Å². The van der Waals surface area contributed by atoms with Gasteiger partial charge in [0.15, 0.2) is 0 Å². The minimum atomic E-state index is -0.603. The predicted octanol–water partition coefficient (Wildman–Crippen LogP) is 1.39. The number of methoxy groups -OCH3 is 1. The zero-order valence-electron chi connectivity index (χ0n) is 8.56. The molecule has 0 aliphatic rings. The quantitative estimate of drug-likeness (QED) is 0.464. The maximum atomic E-state index is 10.7. The Hall–Kier alpha value is -2.04. The molecule has 1 amide bonds. The molecule has 0 saturated carbocycles. The highest BCUT2D eigenvalue weighted by Crippen LogP contribution is 2.10. The molecule has 0 fully saturated rings. The van der Waals surface area contributed by atoms with Crippen LogP contribution in [0.5, 0.6) is 5.75 Å². The van der Waals surface area contributed by atoms with Gasteiger partial charge in [-0.2, -0.15) is 0 Å². The summed E-state index contributed by atoms with van der Waals surface area (Å²) in [4.78, 5) is 15.1. The maximum absolute atomic E-state index is 10.7. The molecule has 0 unspecified atom stereocenters. The molecule has 0 atom stereocenters. The maximum Gasteiger partial charge on any atom is 0.433 e. The Kier molecular flexibility index (Phi) is 4.15. The summed E-state index contributed by atoms with van der Waals surface area (Å²) in [6, 6.07) is 7.23. The van der Waals surface area contributed by atoms with E-state index in [-0.39, 0.29) is 0 Å². The van der Waals surface area contributed by atoms with Crippen molar-refractivity contribution in [1.29, 1.82) is 0 Å². The molecule has 80 valence electrons. The second kappa shape index (κ2) is 5.64. The molecular formula is C10H12N2O3. The number of amides is 1. The molecule has 0 bridgehead atoms. The van der Waals surface area contributed by atoms with Crippen LogP contribution in [0.15, 0.2) is 29.4 Å². The Morgan fingerprint density at radius 3 is 3.00 bits per heavy atom. The van der Waals surface area contributed by atoms with Gasteiger partial charge in [-0.15, -0.1) is 0 Å². The number of ether oxygens (including phenoxy) is 1. The molecule has 1 rings (SSSR count). The number of oxime groups is 1. The average molecular weight is 208 g/mol. The van der Waals surface area contributed by atoms with Crippen molar-refractivity contribution in [3.8, 4) is 5.75 Å². The molecule has 1 aromatic rings. The van der Waals surface area contributed by atoms with Gasteiger partial charge in [0.1, 0.15) is 5.75 Å². The van der Waals surface area contributed by atoms with Gasteiger partial charge in [0, 0.05) is 7.05 Å². The fraction of sp³-hybridized carbons (Fsp3) is 0.200. The van der Waals surface area contributed by atoms with Gasteiger partial charge in [-0.05, 0) is 17.7 Å².